The normalized spacial score (nSPS) is 13.3. The van der Waals surface area contributed by atoms with Crippen LogP contribution in [-0.4, -0.2) is 4.57 Å². The van der Waals surface area contributed by atoms with E-state index < -0.39 is 0 Å². The summed E-state index contributed by atoms with van der Waals surface area (Å²) in [6, 6.07) is 26.7. The number of hydrogen-bond acceptors (Lipinski definition) is 0. The van der Waals surface area contributed by atoms with Crippen LogP contribution in [0.1, 0.15) is 22.3 Å². The quantitative estimate of drug-likeness (QED) is 0.322. The van der Waals surface area contributed by atoms with Crippen LogP contribution in [-0.2, 0) is 19.9 Å². The summed E-state index contributed by atoms with van der Waals surface area (Å²) in [6.45, 7) is 0. The fourth-order valence-corrected chi connectivity index (χ4v) is 4.96. The van der Waals surface area contributed by atoms with Gasteiger partial charge in [-0.15, -0.1) is 0 Å². The summed E-state index contributed by atoms with van der Waals surface area (Å²) < 4.78 is 2.41. The summed E-state index contributed by atoms with van der Waals surface area (Å²) >= 11 is 0. The molecule has 1 aliphatic rings. The topological polar surface area (TPSA) is 4.93 Å². The molecule has 4 aromatic carbocycles. The van der Waals surface area contributed by atoms with E-state index in [-0.39, 0.29) is 0 Å². The summed E-state index contributed by atoms with van der Waals surface area (Å²) in [5, 5.41) is 5.58. The van der Waals surface area contributed by atoms with Crippen LogP contribution in [0.5, 0.6) is 0 Å². The summed E-state index contributed by atoms with van der Waals surface area (Å²) in [6.07, 6.45) is 2.06. The molecule has 1 heterocycles. The van der Waals surface area contributed by atoms with E-state index in [9.17, 15) is 0 Å². The van der Waals surface area contributed by atoms with Crippen molar-refractivity contribution in [3.05, 3.63) is 95.1 Å². The molecule has 0 spiro atoms. The average molecular weight is 333 g/mol. The Balaban J connectivity index is 1.87. The van der Waals surface area contributed by atoms with Crippen molar-refractivity contribution in [2.45, 2.75) is 12.8 Å². The molecule has 6 rings (SSSR count). The molecule has 124 valence electrons. The molecule has 1 aromatic heterocycles. The van der Waals surface area contributed by atoms with E-state index in [4.69, 9.17) is 0 Å². The number of para-hydroxylation sites is 1. The lowest BCUT2D eigenvalue weighted by Gasteiger charge is -2.23. The van der Waals surface area contributed by atoms with Crippen LogP contribution < -0.4 is 0 Å². The van der Waals surface area contributed by atoms with E-state index >= 15 is 0 Å². The van der Waals surface area contributed by atoms with E-state index in [0.29, 0.717) is 0 Å². The van der Waals surface area contributed by atoms with Gasteiger partial charge < -0.3 is 4.57 Å². The van der Waals surface area contributed by atoms with Crippen LogP contribution in [0.3, 0.4) is 0 Å². The molecule has 26 heavy (non-hydrogen) atoms. The number of nitrogens with zero attached hydrogens (tertiary/aromatic N) is 1. The standard InChI is InChI=1S/C25H19N/c1-26-23-13-7-6-12-20(23)24-19-11-5-4-10-18(19)21-14-16-8-2-3-9-17(16)15-22(21)25(24)26/h2-13H,14-15H2,1H3. The number of aromatic nitrogens is 1. The van der Waals surface area contributed by atoms with Crippen LogP contribution >= 0.6 is 0 Å². The summed E-state index contributed by atoms with van der Waals surface area (Å²) in [7, 11) is 2.22. The summed E-state index contributed by atoms with van der Waals surface area (Å²) in [4.78, 5) is 0. The number of aryl methyl sites for hydroxylation is 1. The fourth-order valence-electron chi connectivity index (χ4n) is 4.96. The van der Waals surface area contributed by atoms with Gasteiger partial charge in [0.2, 0.25) is 0 Å². The van der Waals surface area contributed by atoms with Gasteiger partial charge in [0, 0.05) is 29.8 Å². The van der Waals surface area contributed by atoms with Gasteiger partial charge in [0.15, 0.2) is 0 Å². The maximum atomic E-state index is 2.41. The second kappa shape index (κ2) is 4.98. The third-order valence-corrected chi connectivity index (χ3v) is 6.13. The Morgan fingerprint density at radius 3 is 1.96 bits per heavy atom. The monoisotopic (exact) mass is 333 g/mol. The predicted octanol–water partition coefficient (Wildman–Crippen LogP) is 5.98. The largest absolute Gasteiger partial charge is 0.343 e. The summed E-state index contributed by atoms with van der Waals surface area (Å²) in [5.74, 6) is 0. The molecule has 0 aliphatic heterocycles. The van der Waals surface area contributed by atoms with Crippen molar-refractivity contribution in [3.8, 4) is 0 Å². The zero-order chi connectivity index (χ0) is 17.3. The van der Waals surface area contributed by atoms with E-state index in [1.165, 1.54) is 54.8 Å². The molecular formula is C25H19N. The first-order chi connectivity index (χ1) is 12.8. The van der Waals surface area contributed by atoms with Gasteiger partial charge in [-0.2, -0.15) is 0 Å². The second-order valence-electron chi connectivity index (χ2n) is 7.42. The molecule has 0 unspecified atom stereocenters. The van der Waals surface area contributed by atoms with Crippen molar-refractivity contribution < 1.29 is 0 Å². The van der Waals surface area contributed by atoms with Gasteiger partial charge in [-0.25, -0.2) is 0 Å². The van der Waals surface area contributed by atoms with Gasteiger partial charge in [0.05, 0.1) is 5.52 Å². The second-order valence-corrected chi connectivity index (χ2v) is 7.42. The number of benzene rings is 4. The van der Waals surface area contributed by atoms with Crippen LogP contribution in [0.4, 0.5) is 0 Å². The molecule has 1 nitrogen and oxygen atoms in total. The molecule has 0 saturated carbocycles. The van der Waals surface area contributed by atoms with Crippen molar-refractivity contribution in [2.24, 2.45) is 7.05 Å². The Morgan fingerprint density at radius 2 is 1.19 bits per heavy atom. The Bertz CT molecular complexity index is 1340. The first kappa shape index (κ1) is 14.1. The highest BCUT2D eigenvalue weighted by molar-refractivity contribution is 6.22. The third-order valence-electron chi connectivity index (χ3n) is 6.13. The highest BCUT2D eigenvalue weighted by Crippen LogP contribution is 2.42. The molecule has 0 atom stereocenters. The van der Waals surface area contributed by atoms with Crippen molar-refractivity contribution in [2.75, 3.05) is 0 Å². The molecule has 0 amide bonds. The van der Waals surface area contributed by atoms with E-state index in [1.54, 1.807) is 0 Å². The molecule has 0 N–H and O–H groups in total. The molecule has 5 aromatic rings. The lowest BCUT2D eigenvalue weighted by molar-refractivity contribution is 0.970. The van der Waals surface area contributed by atoms with Gasteiger partial charge >= 0.3 is 0 Å². The molecule has 1 heteroatoms. The van der Waals surface area contributed by atoms with Crippen molar-refractivity contribution in [1.29, 1.82) is 0 Å². The Kier molecular flexibility index (Phi) is 2.71. The van der Waals surface area contributed by atoms with E-state index in [0.717, 1.165) is 12.8 Å². The summed E-state index contributed by atoms with van der Waals surface area (Å²) in [5.41, 5.74) is 8.70. The van der Waals surface area contributed by atoms with Gasteiger partial charge in [-0.05, 0) is 45.5 Å². The Labute approximate surface area is 152 Å². The van der Waals surface area contributed by atoms with Crippen LogP contribution in [0.25, 0.3) is 32.6 Å². The molecule has 0 bridgehead atoms. The van der Waals surface area contributed by atoms with Crippen LogP contribution in [0, 0.1) is 0 Å². The zero-order valence-electron chi connectivity index (χ0n) is 14.8. The lowest BCUT2D eigenvalue weighted by Crippen LogP contribution is -2.10. The fraction of sp³-hybridized carbons (Fsp3) is 0.120. The molecule has 0 fully saturated rings. The van der Waals surface area contributed by atoms with Gasteiger partial charge in [-0.1, -0.05) is 66.7 Å². The Hall–Kier alpha value is -3.06. The third kappa shape index (κ3) is 1.70. The maximum Gasteiger partial charge on any atom is 0.0534 e. The number of hydrogen-bond donors (Lipinski definition) is 0. The molecule has 1 aliphatic carbocycles. The number of fused-ring (bicyclic) bond motifs is 9. The Morgan fingerprint density at radius 1 is 0.615 bits per heavy atom. The molecule has 0 saturated heterocycles. The van der Waals surface area contributed by atoms with Crippen molar-refractivity contribution in [1.82, 2.24) is 4.57 Å². The minimum Gasteiger partial charge on any atom is -0.343 e. The molecular weight excluding hydrogens is 314 g/mol. The zero-order valence-corrected chi connectivity index (χ0v) is 14.8. The van der Waals surface area contributed by atoms with Gasteiger partial charge in [0.1, 0.15) is 0 Å². The SMILES string of the molecule is Cn1c2ccccc2c2c3ccccc3c3c(c21)Cc1ccccc1C3. The average Bonchev–Trinajstić information content (AvgIpc) is 3.00. The van der Waals surface area contributed by atoms with Gasteiger partial charge in [-0.3, -0.25) is 0 Å². The van der Waals surface area contributed by atoms with Crippen molar-refractivity contribution >= 4 is 32.6 Å². The molecule has 0 radical (unpaired) electrons. The van der Waals surface area contributed by atoms with Crippen LogP contribution in [0.2, 0.25) is 0 Å². The van der Waals surface area contributed by atoms with E-state index in [1.807, 2.05) is 0 Å². The first-order valence-corrected chi connectivity index (χ1v) is 9.29. The highest BCUT2D eigenvalue weighted by atomic mass is 14.9. The maximum absolute atomic E-state index is 2.41. The first-order valence-electron chi connectivity index (χ1n) is 9.29. The van der Waals surface area contributed by atoms with Crippen molar-refractivity contribution in [3.63, 3.8) is 0 Å². The minimum absolute atomic E-state index is 1.02. The van der Waals surface area contributed by atoms with E-state index in [2.05, 4.69) is 84.4 Å². The predicted molar refractivity (Wildman–Crippen MR) is 110 cm³/mol. The highest BCUT2D eigenvalue weighted by Gasteiger charge is 2.24. The number of rotatable bonds is 0. The van der Waals surface area contributed by atoms with Crippen LogP contribution in [0.15, 0.2) is 72.8 Å². The van der Waals surface area contributed by atoms with Gasteiger partial charge in [0.25, 0.3) is 0 Å². The minimum atomic E-state index is 1.02. The lowest BCUT2D eigenvalue weighted by atomic mass is 9.82. The smallest absolute Gasteiger partial charge is 0.0534 e.